The Hall–Kier alpha value is -1.78. The van der Waals surface area contributed by atoms with Crippen LogP contribution in [-0.2, 0) is 10.2 Å². The first kappa shape index (κ1) is 11.7. The summed E-state index contributed by atoms with van der Waals surface area (Å²) >= 11 is 0. The molecular formula is C12H13FO4. The normalized spacial score (nSPS) is 17.3. The molecule has 5 heteroatoms. The van der Waals surface area contributed by atoms with Crippen LogP contribution in [0.25, 0.3) is 0 Å². The highest BCUT2D eigenvalue weighted by molar-refractivity contribution is 5.83. The number of phenolic OH excluding ortho intramolecular Hbond substituents is 1. The SMILES string of the molecule is COc1cc(O)c(C2(C(=O)O)CCC2)cc1F. The summed E-state index contributed by atoms with van der Waals surface area (Å²) in [6, 6.07) is 2.18. The number of hydrogen-bond acceptors (Lipinski definition) is 3. The van der Waals surface area contributed by atoms with Gasteiger partial charge in [0.05, 0.1) is 12.5 Å². The van der Waals surface area contributed by atoms with Crippen LogP contribution in [0.15, 0.2) is 12.1 Å². The summed E-state index contributed by atoms with van der Waals surface area (Å²) in [5, 5.41) is 19.0. The van der Waals surface area contributed by atoms with E-state index in [1.54, 1.807) is 0 Å². The quantitative estimate of drug-likeness (QED) is 0.848. The van der Waals surface area contributed by atoms with Gasteiger partial charge in [-0.15, -0.1) is 0 Å². The number of ether oxygens (including phenoxy) is 1. The van der Waals surface area contributed by atoms with Crippen molar-refractivity contribution in [3.8, 4) is 11.5 Å². The third-order valence-electron chi connectivity index (χ3n) is 3.40. The smallest absolute Gasteiger partial charge is 0.314 e. The molecule has 1 aromatic carbocycles. The van der Waals surface area contributed by atoms with Crippen molar-refractivity contribution in [2.45, 2.75) is 24.7 Å². The first-order valence-corrected chi connectivity index (χ1v) is 5.31. The van der Waals surface area contributed by atoms with E-state index in [4.69, 9.17) is 4.74 Å². The first-order chi connectivity index (χ1) is 8.01. The molecule has 2 N–H and O–H groups in total. The minimum Gasteiger partial charge on any atom is -0.507 e. The summed E-state index contributed by atoms with van der Waals surface area (Å²) < 4.78 is 18.3. The highest BCUT2D eigenvalue weighted by Gasteiger charge is 2.48. The molecule has 0 aromatic heterocycles. The van der Waals surface area contributed by atoms with Gasteiger partial charge >= 0.3 is 5.97 Å². The van der Waals surface area contributed by atoms with Crippen LogP contribution in [0.2, 0.25) is 0 Å². The van der Waals surface area contributed by atoms with Crippen molar-refractivity contribution < 1.29 is 24.1 Å². The topological polar surface area (TPSA) is 66.8 Å². The number of aliphatic carboxylic acids is 1. The molecule has 1 fully saturated rings. The fourth-order valence-corrected chi connectivity index (χ4v) is 2.21. The zero-order valence-corrected chi connectivity index (χ0v) is 9.36. The lowest BCUT2D eigenvalue weighted by Crippen LogP contribution is -2.42. The van der Waals surface area contributed by atoms with E-state index in [0.717, 1.165) is 18.6 Å². The molecule has 0 bridgehead atoms. The molecule has 2 rings (SSSR count). The number of aromatic hydroxyl groups is 1. The van der Waals surface area contributed by atoms with Crippen LogP contribution in [0.1, 0.15) is 24.8 Å². The van der Waals surface area contributed by atoms with Gasteiger partial charge in [0.15, 0.2) is 11.6 Å². The zero-order chi connectivity index (χ0) is 12.6. The highest BCUT2D eigenvalue weighted by atomic mass is 19.1. The maximum atomic E-state index is 13.6. The summed E-state index contributed by atoms with van der Waals surface area (Å²) in [6.07, 6.45) is 1.60. The molecule has 0 atom stereocenters. The Bertz CT molecular complexity index is 466. The van der Waals surface area contributed by atoms with Crippen LogP contribution in [0, 0.1) is 5.82 Å². The Kier molecular flexibility index (Phi) is 2.69. The predicted molar refractivity (Wildman–Crippen MR) is 57.8 cm³/mol. The highest BCUT2D eigenvalue weighted by Crippen LogP contribution is 2.48. The molecule has 0 saturated heterocycles. The van der Waals surface area contributed by atoms with Crippen LogP contribution < -0.4 is 4.74 Å². The van der Waals surface area contributed by atoms with Crippen molar-refractivity contribution in [1.82, 2.24) is 0 Å². The number of carboxylic acids is 1. The molecule has 0 amide bonds. The molecule has 0 heterocycles. The molecule has 17 heavy (non-hydrogen) atoms. The van der Waals surface area contributed by atoms with Gasteiger partial charge < -0.3 is 14.9 Å². The maximum absolute atomic E-state index is 13.6. The van der Waals surface area contributed by atoms with Crippen molar-refractivity contribution in [1.29, 1.82) is 0 Å². The third-order valence-corrected chi connectivity index (χ3v) is 3.40. The van der Waals surface area contributed by atoms with E-state index in [2.05, 4.69) is 0 Å². The van der Waals surface area contributed by atoms with E-state index in [0.29, 0.717) is 12.8 Å². The maximum Gasteiger partial charge on any atom is 0.314 e. The number of phenols is 1. The van der Waals surface area contributed by atoms with Gasteiger partial charge in [-0.3, -0.25) is 4.79 Å². The standard InChI is InChI=1S/C12H13FO4/c1-17-10-6-9(14)7(5-8(10)13)12(11(15)16)3-2-4-12/h5-6,14H,2-4H2,1H3,(H,15,16). The van der Waals surface area contributed by atoms with E-state index in [-0.39, 0.29) is 17.1 Å². The van der Waals surface area contributed by atoms with E-state index >= 15 is 0 Å². The average Bonchev–Trinajstić information content (AvgIpc) is 2.20. The Morgan fingerprint density at radius 2 is 2.12 bits per heavy atom. The van der Waals surface area contributed by atoms with Crippen LogP contribution in [0.5, 0.6) is 11.5 Å². The molecule has 0 unspecified atom stereocenters. The number of carbonyl (C=O) groups is 1. The van der Waals surface area contributed by atoms with Gasteiger partial charge in [-0.2, -0.15) is 0 Å². The van der Waals surface area contributed by atoms with Gasteiger partial charge in [0.25, 0.3) is 0 Å². The lowest BCUT2D eigenvalue weighted by molar-refractivity contribution is -0.147. The van der Waals surface area contributed by atoms with Gasteiger partial charge in [-0.05, 0) is 18.9 Å². The second-order valence-electron chi connectivity index (χ2n) is 4.24. The summed E-state index contributed by atoms with van der Waals surface area (Å²) in [5.41, 5.74) is -1.01. The van der Waals surface area contributed by atoms with E-state index in [1.165, 1.54) is 7.11 Å². The number of hydrogen-bond donors (Lipinski definition) is 2. The summed E-state index contributed by atoms with van der Waals surface area (Å²) in [7, 11) is 1.29. The van der Waals surface area contributed by atoms with Crippen LogP contribution in [-0.4, -0.2) is 23.3 Å². The van der Waals surface area contributed by atoms with Crippen LogP contribution >= 0.6 is 0 Å². The lowest BCUT2D eigenvalue weighted by Gasteiger charge is -2.38. The second-order valence-corrected chi connectivity index (χ2v) is 4.24. The number of carboxylic acid groups (broad SMARTS) is 1. The molecule has 4 nitrogen and oxygen atoms in total. The molecule has 1 aromatic rings. The van der Waals surface area contributed by atoms with Gasteiger partial charge in [0, 0.05) is 11.6 Å². The van der Waals surface area contributed by atoms with Gasteiger partial charge in [-0.25, -0.2) is 4.39 Å². The van der Waals surface area contributed by atoms with E-state index in [9.17, 15) is 19.4 Å². The van der Waals surface area contributed by atoms with Crippen molar-refractivity contribution >= 4 is 5.97 Å². The van der Waals surface area contributed by atoms with Crippen LogP contribution in [0.4, 0.5) is 4.39 Å². The summed E-state index contributed by atoms with van der Waals surface area (Å²) in [5.74, 6) is -2.01. The Morgan fingerprint density at radius 1 is 1.47 bits per heavy atom. The van der Waals surface area contributed by atoms with Crippen molar-refractivity contribution in [3.05, 3.63) is 23.5 Å². The third kappa shape index (κ3) is 1.62. The molecule has 1 saturated carbocycles. The lowest BCUT2D eigenvalue weighted by atomic mass is 9.64. The molecule has 0 radical (unpaired) electrons. The van der Waals surface area contributed by atoms with Crippen LogP contribution in [0.3, 0.4) is 0 Å². The Labute approximate surface area is 97.6 Å². The predicted octanol–water partition coefficient (Wildman–Crippen LogP) is 2.05. The van der Waals surface area contributed by atoms with E-state index in [1.807, 2.05) is 0 Å². The molecule has 0 spiro atoms. The zero-order valence-electron chi connectivity index (χ0n) is 9.36. The largest absolute Gasteiger partial charge is 0.507 e. The average molecular weight is 240 g/mol. The minimum atomic E-state index is -1.14. The van der Waals surface area contributed by atoms with E-state index < -0.39 is 17.2 Å². The fraction of sp³-hybridized carbons (Fsp3) is 0.417. The molecule has 1 aliphatic rings. The Balaban J connectivity index is 2.52. The minimum absolute atomic E-state index is 0.0916. The number of rotatable bonds is 3. The Morgan fingerprint density at radius 3 is 2.53 bits per heavy atom. The van der Waals surface area contributed by atoms with Crippen molar-refractivity contribution in [2.75, 3.05) is 7.11 Å². The molecule has 92 valence electrons. The summed E-state index contributed by atoms with van der Waals surface area (Å²) in [4.78, 5) is 11.3. The number of halogens is 1. The van der Waals surface area contributed by atoms with Crippen molar-refractivity contribution in [3.63, 3.8) is 0 Å². The van der Waals surface area contributed by atoms with Gasteiger partial charge in [0.1, 0.15) is 5.75 Å². The van der Waals surface area contributed by atoms with Gasteiger partial charge in [0.2, 0.25) is 0 Å². The molecular weight excluding hydrogens is 227 g/mol. The molecule has 1 aliphatic carbocycles. The number of methoxy groups -OCH3 is 1. The monoisotopic (exact) mass is 240 g/mol. The fourth-order valence-electron chi connectivity index (χ4n) is 2.21. The second kappa shape index (κ2) is 3.91. The van der Waals surface area contributed by atoms with Gasteiger partial charge in [-0.1, -0.05) is 6.42 Å². The number of benzene rings is 1. The first-order valence-electron chi connectivity index (χ1n) is 5.31. The summed E-state index contributed by atoms with van der Waals surface area (Å²) in [6.45, 7) is 0. The molecule has 0 aliphatic heterocycles. The van der Waals surface area contributed by atoms with Crippen molar-refractivity contribution in [2.24, 2.45) is 0 Å².